The predicted octanol–water partition coefficient (Wildman–Crippen LogP) is 9.29. The molecule has 0 aromatic heterocycles. The van der Waals surface area contributed by atoms with E-state index in [1.165, 1.54) is 0 Å². The molecule has 0 aliphatic rings. The number of methoxy groups -OCH3 is 2. The summed E-state index contributed by atoms with van der Waals surface area (Å²) in [5.41, 5.74) is 9.58. The minimum Gasteiger partial charge on any atom is -0.497 e. The maximum absolute atomic E-state index is 9.79. The Morgan fingerprint density at radius 3 is 1.11 bits per heavy atom. The van der Waals surface area contributed by atoms with Crippen LogP contribution < -0.4 is 19.3 Å². The highest BCUT2D eigenvalue weighted by atomic mass is 16.5. The van der Waals surface area contributed by atoms with Gasteiger partial charge in [-0.15, -0.1) is 0 Å². The molecule has 6 rings (SSSR count). The fourth-order valence-corrected chi connectivity index (χ4v) is 5.59. The molecule has 0 saturated heterocycles. The summed E-state index contributed by atoms with van der Waals surface area (Å²) in [5, 5.41) is 19.6. The number of rotatable bonds is 11. The topological polar surface area (TPSA) is 65.4 Å². The van der Waals surface area contributed by atoms with Gasteiger partial charge in [0.25, 0.3) is 0 Å². The van der Waals surface area contributed by atoms with E-state index in [4.69, 9.17) is 9.47 Å². The average Bonchev–Trinajstić information content (AvgIpc) is 3.13. The molecular formula is C40H36N2O4. The molecule has 0 aliphatic carbocycles. The number of benzene rings is 6. The predicted molar refractivity (Wildman–Crippen MR) is 186 cm³/mol. The van der Waals surface area contributed by atoms with Crippen molar-refractivity contribution in [3.8, 4) is 22.6 Å². The van der Waals surface area contributed by atoms with Crippen LogP contribution in [0.2, 0.25) is 0 Å². The Morgan fingerprint density at radius 2 is 0.761 bits per heavy atom. The minimum atomic E-state index is -0.0413. The normalized spacial score (nSPS) is 10.8. The van der Waals surface area contributed by atoms with E-state index in [0.717, 1.165) is 67.9 Å². The molecule has 2 N–H and O–H groups in total. The molecule has 6 aromatic rings. The highest BCUT2D eigenvalue weighted by Gasteiger charge is 2.16. The average molecular weight is 609 g/mol. The van der Waals surface area contributed by atoms with Crippen LogP contribution in [0, 0.1) is 0 Å². The molecule has 0 spiro atoms. The highest BCUT2D eigenvalue weighted by molar-refractivity contribution is 5.81. The Labute approximate surface area is 270 Å². The molecule has 46 heavy (non-hydrogen) atoms. The van der Waals surface area contributed by atoms with E-state index in [-0.39, 0.29) is 13.2 Å². The van der Waals surface area contributed by atoms with Crippen molar-refractivity contribution < 1.29 is 19.7 Å². The number of hydrogen-bond donors (Lipinski definition) is 2. The van der Waals surface area contributed by atoms with Gasteiger partial charge in [0.2, 0.25) is 0 Å². The summed E-state index contributed by atoms with van der Waals surface area (Å²) in [6.07, 6.45) is 0. The zero-order valence-corrected chi connectivity index (χ0v) is 25.9. The number of hydrogen-bond acceptors (Lipinski definition) is 6. The van der Waals surface area contributed by atoms with Gasteiger partial charge in [0, 0.05) is 46.3 Å². The second-order valence-electron chi connectivity index (χ2n) is 10.8. The van der Waals surface area contributed by atoms with Gasteiger partial charge in [-0.3, -0.25) is 0 Å². The Balaban J connectivity index is 1.34. The number of nitrogens with zero attached hydrogens (tertiary/aromatic N) is 2. The minimum absolute atomic E-state index is 0.0413. The number of anilines is 6. The maximum Gasteiger partial charge on any atom is 0.120 e. The van der Waals surface area contributed by atoms with Crippen LogP contribution in [0.15, 0.2) is 146 Å². The van der Waals surface area contributed by atoms with Gasteiger partial charge in [0.15, 0.2) is 0 Å². The smallest absolute Gasteiger partial charge is 0.120 e. The largest absolute Gasteiger partial charge is 0.497 e. The van der Waals surface area contributed by atoms with Gasteiger partial charge in [0.05, 0.1) is 27.4 Å². The van der Waals surface area contributed by atoms with Gasteiger partial charge in [-0.1, -0.05) is 60.7 Å². The molecule has 0 fully saturated rings. The van der Waals surface area contributed by atoms with E-state index in [1.54, 1.807) is 14.2 Å². The van der Waals surface area contributed by atoms with E-state index in [9.17, 15) is 10.2 Å². The van der Waals surface area contributed by atoms with Gasteiger partial charge >= 0.3 is 0 Å². The fraction of sp³-hybridized carbons (Fsp3) is 0.100. The summed E-state index contributed by atoms with van der Waals surface area (Å²) in [5.74, 6) is 1.56. The Bertz CT molecular complexity index is 1670. The lowest BCUT2D eigenvalue weighted by molar-refractivity contribution is 0.282. The first-order chi connectivity index (χ1) is 22.6. The second-order valence-corrected chi connectivity index (χ2v) is 10.8. The standard InChI is InChI=1S/C40H36N2O4/c1-45-39-13-5-11-37(25-39)42(38-12-6-14-40(26-38)46-2)34-21-17-32(18-22-34)31-15-19-33(20-16-31)41(35-9-3-7-29(23-35)27-43)36-10-4-8-30(24-36)28-44/h3-26,43-44H,27-28H2,1-2H3. The maximum atomic E-state index is 9.79. The third kappa shape index (κ3) is 6.59. The molecule has 6 nitrogen and oxygen atoms in total. The summed E-state index contributed by atoms with van der Waals surface area (Å²) in [7, 11) is 3.35. The van der Waals surface area contributed by atoms with Crippen LogP contribution in [-0.2, 0) is 13.2 Å². The molecule has 0 bridgehead atoms. The molecule has 0 radical (unpaired) electrons. The van der Waals surface area contributed by atoms with E-state index in [1.807, 2.05) is 84.9 Å². The van der Waals surface area contributed by atoms with E-state index >= 15 is 0 Å². The zero-order valence-electron chi connectivity index (χ0n) is 25.9. The fourth-order valence-electron chi connectivity index (χ4n) is 5.59. The summed E-state index contributed by atoms with van der Waals surface area (Å²) in [6.45, 7) is -0.0826. The van der Waals surface area contributed by atoms with Crippen molar-refractivity contribution in [1.82, 2.24) is 0 Å². The molecule has 6 aromatic carbocycles. The van der Waals surface area contributed by atoms with Crippen LogP contribution in [0.4, 0.5) is 34.1 Å². The van der Waals surface area contributed by atoms with Gasteiger partial charge in [-0.05, 0) is 95.1 Å². The molecule has 230 valence electrons. The first-order valence-electron chi connectivity index (χ1n) is 15.1. The second kappa shape index (κ2) is 14.0. The van der Waals surface area contributed by atoms with Crippen molar-refractivity contribution in [3.05, 3.63) is 157 Å². The lowest BCUT2D eigenvalue weighted by Gasteiger charge is -2.27. The molecular weight excluding hydrogens is 572 g/mol. The molecule has 6 heteroatoms. The van der Waals surface area contributed by atoms with Crippen molar-refractivity contribution in [3.63, 3.8) is 0 Å². The SMILES string of the molecule is COc1cccc(N(c2ccc(-c3ccc(N(c4cccc(CO)c4)c4cccc(CO)c4)cc3)cc2)c2cccc(OC)c2)c1. The molecule has 0 heterocycles. The van der Waals surface area contributed by atoms with Crippen LogP contribution in [0.3, 0.4) is 0 Å². The molecule has 0 saturated carbocycles. The van der Waals surface area contributed by atoms with Crippen LogP contribution >= 0.6 is 0 Å². The molecule has 0 amide bonds. The van der Waals surface area contributed by atoms with Crippen LogP contribution in [-0.4, -0.2) is 24.4 Å². The van der Waals surface area contributed by atoms with E-state index in [2.05, 4.69) is 70.5 Å². The number of ether oxygens (including phenoxy) is 2. The van der Waals surface area contributed by atoms with E-state index < -0.39 is 0 Å². The van der Waals surface area contributed by atoms with Crippen LogP contribution in [0.25, 0.3) is 11.1 Å². The summed E-state index contributed by atoms with van der Waals surface area (Å²) in [6, 6.07) is 48.6. The summed E-state index contributed by atoms with van der Waals surface area (Å²) < 4.78 is 11.1. The Hall–Kier alpha value is -5.56. The third-order valence-corrected chi connectivity index (χ3v) is 7.91. The monoisotopic (exact) mass is 608 g/mol. The van der Waals surface area contributed by atoms with Gasteiger partial charge < -0.3 is 29.5 Å². The molecule has 0 atom stereocenters. The van der Waals surface area contributed by atoms with Crippen molar-refractivity contribution >= 4 is 34.1 Å². The van der Waals surface area contributed by atoms with Crippen molar-refractivity contribution in [2.24, 2.45) is 0 Å². The van der Waals surface area contributed by atoms with Crippen molar-refractivity contribution in [1.29, 1.82) is 0 Å². The Kier molecular flexibility index (Phi) is 9.29. The van der Waals surface area contributed by atoms with Crippen molar-refractivity contribution in [2.75, 3.05) is 24.0 Å². The van der Waals surface area contributed by atoms with Crippen LogP contribution in [0.1, 0.15) is 11.1 Å². The third-order valence-electron chi connectivity index (χ3n) is 7.91. The molecule has 0 aliphatic heterocycles. The zero-order chi connectivity index (χ0) is 31.9. The van der Waals surface area contributed by atoms with Gasteiger partial charge in [-0.25, -0.2) is 0 Å². The first-order valence-corrected chi connectivity index (χ1v) is 15.1. The van der Waals surface area contributed by atoms with Crippen molar-refractivity contribution in [2.45, 2.75) is 13.2 Å². The lowest BCUT2D eigenvalue weighted by atomic mass is 10.0. The highest BCUT2D eigenvalue weighted by Crippen LogP contribution is 2.39. The van der Waals surface area contributed by atoms with Gasteiger partial charge in [-0.2, -0.15) is 0 Å². The first kappa shape index (κ1) is 30.5. The quantitative estimate of drug-likeness (QED) is 0.153. The van der Waals surface area contributed by atoms with E-state index in [0.29, 0.717) is 0 Å². The number of aliphatic hydroxyl groups excluding tert-OH is 2. The molecule has 0 unspecified atom stereocenters. The Morgan fingerprint density at radius 1 is 0.413 bits per heavy atom. The summed E-state index contributed by atoms with van der Waals surface area (Å²) in [4.78, 5) is 4.31. The van der Waals surface area contributed by atoms with Gasteiger partial charge in [0.1, 0.15) is 11.5 Å². The number of aliphatic hydroxyl groups is 2. The lowest BCUT2D eigenvalue weighted by Crippen LogP contribution is -2.10. The van der Waals surface area contributed by atoms with Crippen LogP contribution in [0.5, 0.6) is 11.5 Å². The summed E-state index contributed by atoms with van der Waals surface area (Å²) >= 11 is 0.